The Hall–Kier alpha value is -1.90. The molecule has 0 amide bonds. The Morgan fingerprint density at radius 1 is 1.19 bits per heavy atom. The summed E-state index contributed by atoms with van der Waals surface area (Å²) in [7, 11) is 0. The Balaban J connectivity index is 2.69. The Morgan fingerprint density at radius 2 is 1.94 bits per heavy atom. The van der Waals surface area contributed by atoms with Gasteiger partial charge in [-0.05, 0) is 22.9 Å². The molecule has 0 N–H and O–H groups in total. The van der Waals surface area contributed by atoms with E-state index in [9.17, 15) is 10.1 Å². The van der Waals surface area contributed by atoms with Crippen molar-refractivity contribution >= 4 is 16.5 Å². The lowest BCUT2D eigenvalue weighted by Gasteiger charge is -2.06. The van der Waals surface area contributed by atoms with Gasteiger partial charge >= 0.3 is 0 Å². The summed E-state index contributed by atoms with van der Waals surface area (Å²) >= 11 is 0. The monoisotopic (exact) mass is 215 g/mol. The number of hydrogen-bond acceptors (Lipinski definition) is 2. The molecule has 2 aromatic carbocycles. The van der Waals surface area contributed by atoms with Crippen LogP contribution >= 0.6 is 0 Å². The van der Waals surface area contributed by atoms with Crippen LogP contribution in [-0.4, -0.2) is 4.92 Å². The maximum absolute atomic E-state index is 10.8. The van der Waals surface area contributed by atoms with Crippen LogP contribution in [0.3, 0.4) is 0 Å². The highest BCUT2D eigenvalue weighted by Gasteiger charge is 2.11. The molecule has 0 saturated heterocycles. The van der Waals surface area contributed by atoms with E-state index in [-0.39, 0.29) is 10.6 Å². The van der Waals surface area contributed by atoms with Gasteiger partial charge in [-0.2, -0.15) is 0 Å². The maximum Gasteiger partial charge on any atom is 0.277 e. The van der Waals surface area contributed by atoms with Gasteiger partial charge in [0.2, 0.25) is 0 Å². The Morgan fingerprint density at radius 3 is 2.56 bits per heavy atom. The third-order valence-corrected chi connectivity index (χ3v) is 2.74. The van der Waals surface area contributed by atoms with Crippen LogP contribution in [0.2, 0.25) is 0 Å². The summed E-state index contributed by atoms with van der Waals surface area (Å²) < 4.78 is 0. The van der Waals surface area contributed by atoms with Gasteiger partial charge in [0.15, 0.2) is 0 Å². The molecule has 0 radical (unpaired) electrons. The number of nitro groups is 1. The lowest BCUT2D eigenvalue weighted by Crippen LogP contribution is -1.91. The van der Waals surface area contributed by atoms with Crippen molar-refractivity contribution in [3.8, 4) is 0 Å². The van der Waals surface area contributed by atoms with Crippen LogP contribution in [0, 0.1) is 10.1 Å². The second-order valence-electron chi connectivity index (χ2n) is 4.17. The molecule has 16 heavy (non-hydrogen) atoms. The molecular weight excluding hydrogens is 202 g/mol. The largest absolute Gasteiger partial charge is 0.277 e. The van der Waals surface area contributed by atoms with Crippen molar-refractivity contribution in [3.63, 3.8) is 0 Å². The first-order valence-electron chi connectivity index (χ1n) is 5.26. The number of non-ortho nitro benzene ring substituents is 1. The molecule has 3 heteroatoms. The van der Waals surface area contributed by atoms with E-state index in [4.69, 9.17) is 0 Å². The number of rotatable bonds is 2. The minimum atomic E-state index is -0.336. The predicted molar refractivity (Wildman–Crippen MR) is 64.7 cm³/mol. The third kappa shape index (κ3) is 1.76. The van der Waals surface area contributed by atoms with Crippen LogP contribution in [0.15, 0.2) is 36.4 Å². The van der Waals surface area contributed by atoms with Crippen molar-refractivity contribution in [2.45, 2.75) is 19.8 Å². The molecule has 0 unspecified atom stereocenters. The molecule has 0 aliphatic rings. The van der Waals surface area contributed by atoms with Gasteiger partial charge in [0.25, 0.3) is 5.69 Å². The fraction of sp³-hybridized carbons (Fsp3) is 0.231. The Kier molecular flexibility index (Phi) is 2.60. The second-order valence-corrected chi connectivity index (χ2v) is 4.17. The predicted octanol–water partition coefficient (Wildman–Crippen LogP) is 3.87. The topological polar surface area (TPSA) is 43.1 Å². The summed E-state index contributed by atoms with van der Waals surface area (Å²) in [5.74, 6) is 0.434. The highest BCUT2D eigenvalue weighted by Crippen LogP contribution is 2.28. The van der Waals surface area contributed by atoms with Crippen LogP contribution < -0.4 is 0 Å². The number of nitrogens with zero attached hydrogens (tertiary/aromatic N) is 1. The average Bonchev–Trinajstić information content (AvgIpc) is 2.27. The lowest BCUT2D eigenvalue weighted by molar-refractivity contribution is -0.383. The SMILES string of the molecule is CC(C)c1ccc2c([N+](=O)[O-])cccc2c1. The minimum absolute atomic E-state index is 0.174. The van der Waals surface area contributed by atoms with E-state index in [1.54, 1.807) is 6.07 Å². The summed E-state index contributed by atoms with van der Waals surface area (Å²) in [6, 6.07) is 11.0. The van der Waals surface area contributed by atoms with Crippen molar-refractivity contribution < 1.29 is 4.92 Å². The molecule has 0 fully saturated rings. The molecular formula is C13H13NO2. The van der Waals surface area contributed by atoms with Gasteiger partial charge < -0.3 is 0 Å². The average molecular weight is 215 g/mol. The minimum Gasteiger partial charge on any atom is -0.258 e. The summed E-state index contributed by atoms with van der Waals surface area (Å²) in [4.78, 5) is 10.5. The first-order chi connectivity index (χ1) is 7.59. The van der Waals surface area contributed by atoms with E-state index in [0.717, 1.165) is 5.39 Å². The molecule has 0 bridgehead atoms. The van der Waals surface area contributed by atoms with Crippen LogP contribution in [-0.2, 0) is 0 Å². The van der Waals surface area contributed by atoms with Crippen molar-refractivity contribution in [3.05, 3.63) is 52.1 Å². The fourth-order valence-corrected chi connectivity index (χ4v) is 1.80. The first-order valence-corrected chi connectivity index (χ1v) is 5.26. The standard InChI is InChI=1S/C13H13NO2/c1-9(2)10-6-7-12-11(8-10)4-3-5-13(12)14(15)16/h3-9H,1-2H3. The van der Waals surface area contributed by atoms with Crippen molar-refractivity contribution in [1.82, 2.24) is 0 Å². The fourth-order valence-electron chi connectivity index (χ4n) is 1.80. The van der Waals surface area contributed by atoms with Gasteiger partial charge in [-0.15, -0.1) is 0 Å². The van der Waals surface area contributed by atoms with E-state index >= 15 is 0 Å². The molecule has 3 nitrogen and oxygen atoms in total. The highest BCUT2D eigenvalue weighted by molar-refractivity contribution is 5.91. The van der Waals surface area contributed by atoms with E-state index in [2.05, 4.69) is 13.8 Å². The van der Waals surface area contributed by atoms with Gasteiger partial charge in [-0.1, -0.05) is 38.1 Å². The zero-order chi connectivity index (χ0) is 11.7. The smallest absolute Gasteiger partial charge is 0.258 e. The zero-order valence-corrected chi connectivity index (χ0v) is 9.31. The van der Waals surface area contributed by atoms with E-state index in [0.29, 0.717) is 11.3 Å². The molecule has 0 spiro atoms. The molecule has 2 aromatic rings. The molecule has 0 heterocycles. The Bertz CT molecular complexity index is 547. The van der Waals surface area contributed by atoms with Crippen molar-refractivity contribution in [1.29, 1.82) is 0 Å². The summed E-state index contributed by atoms with van der Waals surface area (Å²) in [5.41, 5.74) is 1.38. The second kappa shape index (κ2) is 3.93. The number of hydrogen-bond donors (Lipinski definition) is 0. The molecule has 0 aromatic heterocycles. The zero-order valence-electron chi connectivity index (χ0n) is 9.31. The van der Waals surface area contributed by atoms with Crippen LogP contribution in [0.25, 0.3) is 10.8 Å². The van der Waals surface area contributed by atoms with Crippen molar-refractivity contribution in [2.75, 3.05) is 0 Å². The number of fused-ring (bicyclic) bond motifs is 1. The summed E-state index contributed by atoms with van der Waals surface area (Å²) in [6.45, 7) is 4.22. The van der Waals surface area contributed by atoms with Crippen LogP contribution in [0.1, 0.15) is 25.3 Å². The van der Waals surface area contributed by atoms with E-state index in [1.807, 2.05) is 24.3 Å². The quantitative estimate of drug-likeness (QED) is 0.563. The van der Waals surface area contributed by atoms with Gasteiger partial charge in [-0.3, -0.25) is 10.1 Å². The van der Waals surface area contributed by atoms with E-state index < -0.39 is 0 Å². The molecule has 0 aliphatic carbocycles. The third-order valence-electron chi connectivity index (χ3n) is 2.74. The molecule has 0 atom stereocenters. The molecule has 82 valence electrons. The van der Waals surface area contributed by atoms with E-state index in [1.165, 1.54) is 11.6 Å². The number of nitro benzene ring substituents is 1. The van der Waals surface area contributed by atoms with Crippen molar-refractivity contribution in [2.24, 2.45) is 0 Å². The van der Waals surface area contributed by atoms with Gasteiger partial charge in [0.05, 0.1) is 10.3 Å². The van der Waals surface area contributed by atoms with Crippen LogP contribution in [0.4, 0.5) is 5.69 Å². The maximum atomic E-state index is 10.8. The summed E-state index contributed by atoms with van der Waals surface area (Å²) in [5, 5.41) is 12.5. The molecule has 2 rings (SSSR count). The normalized spacial score (nSPS) is 10.9. The lowest BCUT2D eigenvalue weighted by atomic mass is 9.99. The van der Waals surface area contributed by atoms with Gasteiger partial charge in [0.1, 0.15) is 0 Å². The number of benzene rings is 2. The van der Waals surface area contributed by atoms with Gasteiger partial charge in [0, 0.05) is 6.07 Å². The van der Waals surface area contributed by atoms with Gasteiger partial charge in [-0.25, -0.2) is 0 Å². The highest BCUT2D eigenvalue weighted by atomic mass is 16.6. The van der Waals surface area contributed by atoms with Crippen LogP contribution in [0.5, 0.6) is 0 Å². The molecule has 0 aliphatic heterocycles. The first kappa shape index (κ1) is 10.6. The summed E-state index contributed by atoms with van der Waals surface area (Å²) in [6.07, 6.45) is 0. The Labute approximate surface area is 93.9 Å². The molecule has 0 saturated carbocycles.